The van der Waals surface area contributed by atoms with Gasteiger partial charge < -0.3 is 14.9 Å². The van der Waals surface area contributed by atoms with E-state index >= 15 is 0 Å². The Bertz CT molecular complexity index is 547. The van der Waals surface area contributed by atoms with Crippen LogP contribution in [0.4, 0.5) is 0 Å². The zero-order valence-electron chi connectivity index (χ0n) is 9.80. The predicted molar refractivity (Wildman–Crippen MR) is 67.8 cm³/mol. The maximum atomic E-state index is 11.4. The topological polar surface area (TPSA) is 83.8 Å². The summed E-state index contributed by atoms with van der Waals surface area (Å²) in [5.41, 5.74) is 0.894. The number of carbonyl (C=O) groups is 2. The minimum atomic E-state index is -0.988. The number of hydrogen-bond acceptors (Lipinski definition) is 4. The summed E-state index contributed by atoms with van der Waals surface area (Å²) in [5, 5.41) is 18.9. The van der Waals surface area contributed by atoms with Gasteiger partial charge in [0.05, 0.1) is 0 Å². The van der Waals surface area contributed by atoms with E-state index in [9.17, 15) is 14.7 Å². The molecule has 0 radical (unpaired) electrons. The number of hydrogen-bond donors (Lipinski definition) is 2. The van der Waals surface area contributed by atoms with Gasteiger partial charge in [0.25, 0.3) is 0 Å². The van der Waals surface area contributed by atoms with E-state index in [1.165, 1.54) is 0 Å². The molecule has 6 heteroatoms. The van der Waals surface area contributed by atoms with Gasteiger partial charge in [-0.1, -0.05) is 23.7 Å². The number of aliphatic carboxylic acids is 1. The van der Waals surface area contributed by atoms with Gasteiger partial charge in [0.15, 0.2) is 0 Å². The van der Waals surface area contributed by atoms with Crippen LogP contribution in [0.5, 0.6) is 0 Å². The van der Waals surface area contributed by atoms with E-state index in [1.807, 2.05) is 0 Å². The van der Waals surface area contributed by atoms with Gasteiger partial charge in [0.2, 0.25) is 5.76 Å². The van der Waals surface area contributed by atoms with Crippen molar-refractivity contribution in [3.8, 4) is 0 Å². The number of esters is 1. The minimum Gasteiger partial charge on any atom is -0.502 e. The zero-order valence-corrected chi connectivity index (χ0v) is 10.6. The molecule has 0 bridgehead atoms. The lowest BCUT2D eigenvalue weighted by Gasteiger charge is -2.12. The molecule has 100 valence electrons. The van der Waals surface area contributed by atoms with Crippen LogP contribution in [0.25, 0.3) is 5.57 Å². The fourth-order valence-electron chi connectivity index (χ4n) is 1.92. The largest absolute Gasteiger partial charge is 0.502 e. The Hall–Kier alpha value is -2.01. The normalized spacial score (nSPS) is 18.6. The molecule has 2 rings (SSSR count). The summed E-state index contributed by atoms with van der Waals surface area (Å²) in [5.74, 6) is -2.30. The van der Waals surface area contributed by atoms with Gasteiger partial charge in [-0.15, -0.1) is 0 Å². The number of carboxylic acid groups (broad SMARTS) is 1. The van der Waals surface area contributed by atoms with Crippen LogP contribution in [-0.4, -0.2) is 28.3 Å². The number of carbonyl (C=O) groups excluding carboxylic acids is 1. The van der Waals surface area contributed by atoms with Gasteiger partial charge in [0, 0.05) is 17.0 Å². The van der Waals surface area contributed by atoms with Crippen molar-refractivity contribution >= 4 is 29.1 Å². The molecule has 0 aromatic heterocycles. The fraction of sp³-hybridized carbons (Fsp3) is 0.231. The molecular formula is C13H11ClO5. The highest BCUT2D eigenvalue weighted by molar-refractivity contribution is 6.30. The quantitative estimate of drug-likeness (QED) is 0.829. The second kappa shape index (κ2) is 5.32. The van der Waals surface area contributed by atoms with Crippen LogP contribution in [0.1, 0.15) is 18.4 Å². The molecule has 0 spiro atoms. The molecular weight excluding hydrogens is 272 g/mol. The highest BCUT2D eigenvalue weighted by Gasteiger charge is 2.35. The molecule has 0 aliphatic carbocycles. The molecule has 19 heavy (non-hydrogen) atoms. The van der Waals surface area contributed by atoms with Gasteiger partial charge >= 0.3 is 11.9 Å². The highest BCUT2D eigenvalue weighted by Crippen LogP contribution is 2.33. The third-order valence-corrected chi connectivity index (χ3v) is 3.05. The Morgan fingerprint density at radius 2 is 1.95 bits per heavy atom. The fourth-order valence-corrected chi connectivity index (χ4v) is 2.04. The molecule has 2 N–H and O–H groups in total. The third kappa shape index (κ3) is 2.88. The molecule has 0 saturated carbocycles. The number of carboxylic acids is 1. The van der Waals surface area contributed by atoms with Crippen molar-refractivity contribution < 1.29 is 24.5 Å². The molecule has 1 atom stereocenters. The van der Waals surface area contributed by atoms with Crippen molar-refractivity contribution in [2.45, 2.75) is 18.9 Å². The molecule has 0 amide bonds. The summed E-state index contributed by atoms with van der Waals surface area (Å²) < 4.78 is 4.96. The lowest BCUT2D eigenvalue weighted by atomic mass is 9.97. The first-order valence-electron chi connectivity index (χ1n) is 5.61. The van der Waals surface area contributed by atoms with Gasteiger partial charge in [-0.05, 0) is 24.1 Å². The Labute approximate surface area is 114 Å². The molecule has 5 nitrogen and oxygen atoms in total. The van der Waals surface area contributed by atoms with E-state index in [4.69, 9.17) is 21.4 Å². The lowest BCUT2D eigenvalue weighted by Crippen LogP contribution is -2.13. The Morgan fingerprint density at radius 1 is 1.32 bits per heavy atom. The number of ether oxygens (including phenoxy) is 1. The van der Waals surface area contributed by atoms with Gasteiger partial charge in [-0.25, -0.2) is 4.79 Å². The monoisotopic (exact) mass is 282 g/mol. The first kappa shape index (κ1) is 13.4. The van der Waals surface area contributed by atoms with Crippen molar-refractivity contribution in [1.29, 1.82) is 0 Å². The molecule has 0 fully saturated rings. The molecule has 1 aromatic carbocycles. The van der Waals surface area contributed by atoms with Gasteiger partial charge in [0.1, 0.15) is 6.10 Å². The van der Waals surface area contributed by atoms with Crippen LogP contribution in [0.2, 0.25) is 5.02 Å². The lowest BCUT2D eigenvalue weighted by molar-refractivity contribution is -0.144. The maximum absolute atomic E-state index is 11.4. The average Bonchev–Trinajstić information content (AvgIpc) is 2.64. The molecule has 1 aliphatic rings. The van der Waals surface area contributed by atoms with Crippen LogP contribution in [0.15, 0.2) is 30.0 Å². The van der Waals surface area contributed by atoms with Gasteiger partial charge in [-0.2, -0.15) is 0 Å². The second-order valence-corrected chi connectivity index (χ2v) is 4.53. The second-order valence-electron chi connectivity index (χ2n) is 4.10. The van der Waals surface area contributed by atoms with Crippen LogP contribution in [0.3, 0.4) is 0 Å². The first-order valence-corrected chi connectivity index (χ1v) is 5.98. The predicted octanol–water partition coefficient (Wildman–Crippen LogP) is 2.40. The van der Waals surface area contributed by atoms with E-state index < -0.39 is 23.8 Å². The summed E-state index contributed by atoms with van der Waals surface area (Å²) in [6, 6.07) is 6.52. The van der Waals surface area contributed by atoms with E-state index in [1.54, 1.807) is 24.3 Å². The average molecular weight is 283 g/mol. The first-order chi connectivity index (χ1) is 8.99. The van der Waals surface area contributed by atoms with Crippen molar-refractivity contribution in [1.82, 2.24) is 0 Å². The van der Waals surface area contributed by atoms with Crippen molar-refractivity contribution in [2.75, 3.05) is 0 Å². The smallest absolute Gasteiger partial charge is 0.374 e. The van der Waals surface area contributed by atoms with Crippen molar-refractivity contribution in [3.05, 3.63) is 40.6 Å². The Morgan fingerprint density at radius 3 is 2.53 bits per heavy atom. The summed E-state index contributed by atoms with van der Waals surface area (Å²) in [4.78, 5) is 21.9. The standard InChI is InChI=1S/C13H11ClO5/c14-8-3-1-7(2-4-8)11-9(5-6-10(15)16)19-13(18)12(11)17/h1-4,9,17H,5-6H2,(H,15,16). The number of aliphatic hydroxyl groups is 1. The number of halogens is 1. The molecule has 1 aromatic rings. The van der Waals surface area contributed by atoms with E-state index in [-0.39, 0.29) is 12.8 Å². The van der Waals surface area contributed by atoms with Gasteiger partial charge in [-0.3, -0.25) is 4.79 Å². The Kier molecular flexibility index (Phi) is 3.76. The third-order valence-electron chi connectivity index (χ3n) is 2.80. The number of cyclic esters (lactones) is 1. The minimum absolute atomic E-state index is 0.114. The van der Waals surface area contributed by atoms with Crippen LogP contribution in [-0.2, 0) is 14.3 Å². The summed E-state index contributed by atoms with van der Waals surface area (Å²) in [6.45, 7) is 0. The van der Waals surface area contributed by atoms with E-state index in [0.717, 1.165) is 0 Å². The molecule has 1 unspecified atom stereocenters. The summed E-state index contributed by atoms with van der Waals surface area (Å²) >= 11 is 5.77. The Balaban J connectivity index is 2.29. The number of aliphatic hydroxyl groups excluding tert-OH is 1. The number of benzene rings is 1. The SMILES string of the molecule is O=C(O)CCC1OC(=O)C(O)=C1c1ccc(Cl)cc1. The van der Waals surface area contributed by atoms with E-state index in [2.05, 4.69) is 0 Å². The van der Waals surface area contributed by atoms with Crippen LogP contribution < -0.4 is 0 Å². The summed E-state index contributed by atoms with van der Waals surface area (Å²) in [6.07, 6.45) is -0.782. The highest BCUT2D eigenvalue weighted by atomic mass is 35.5. The molecule has 0 saturated heterocycles. The molecule has 1 heterocycles. The van der Waals surface area contributed by atoms with E-state index in [0.29, 0.717) is 16.2 Å². The van der Waals surface area contributed by atoms with Crippen LogP contribution >= 0.6 is 11.6 Å². The maximum Gasteiger partial charge on any atom is 0.374 e. The van der Waals surface area contributed by atoms with Crippen molar-refractivity contribution in [2.24, 2.45) is 0 Å². The van der Waals surface area contributed by atoms with Crippen molar-refractivity contribution in [3.63, 3.8) is 0 Å². The van der Waals surface area contributed by atoms with Crippen LogP contribution in [0, 0.1) is 0 Å². The number of rotatable bonds is 4. The summed E-state index contributed by atoms with van der Waals surface area (Å²) in [7, 11) is 0. The zero-order chi connectivity index (χ0) is 14.0. The molecule has 1 aliphatic heterocycles.